The highest BCUT2D eigenvalue weighted by Gasteiger charge is 2.12. The number of hydrogen-bond acceptors (Lipinski definition) is 7. The molecule has 122 valence electrons. The maximum atomic E-state index is 12.2. The normalized spacial score (nSPS) is 10.6. The van der Waals surface area contributed by atoms with E-state index in [1.807, 2.05) is 32.0 Å². The van der Waals surface area contributed by atoms with E-state index in [-0.39, 0.29) is 12.0 Å². The molecule has 0 aliphatic carbocycles. The topological polar surface area (TPSA) is 89.9 Å². The van der Waals surface area contributed by atoms with Crippen LogP contribution in [0.5, 0.6) is 5.88 Å². The van der Waals surface area contributed by atoms with Gasteiger partial charge in [-0.05, 0) is 32.0 Å². The average Bonchev–Trinajstić information content (AvgIpc) is 3.04. The van der Waals surface area contributed by atoms with Crippen molar-refractivity contribution in [2.75, 3.05) is 5.32 Å². The minimum Gasteiger partial charge on any atom is -0.475 e. The largest absolute Gasteiger partial charge is 0.475 e. The molecule has 3 heterocycles. The number of amides is 1. The fourth-order valence-corrected chi connectivity index (χ4v) is 2.58. The van der Waals surface area contributed by atoms with Crippen molar-refractivity contribution in [3.05, 3.63) is 48.3 Å². The first-order valence-corrected chi connectivity index (χ1v) is 8.12. The maximum Gasteiger partial charge on any atom is 0.259 e. The summed E-state index contributed by atoms with van der Waals surface area (Å²) in [5, 5.41) is 11.8. The fourth-order valence-electron chi connectivity index (χ4n) is 1.86. The van der Waals surface area contributed by atoms with E-state index in [9.17, 15) is 4.79 Å². The number of nitrogens with one attached hydrogen (secondary N) is 1. The Kier molecular flexibility index (Phi) is 4.76. The van der Waals surface area contributed by atoms with Gasteiger partial charge >= 0.3 is 0 Å². The summed E-state index contributed by atoms with van der Waals surface area (Å²) in [5.41, 5.74) is 1.13. The Balaban J connectivity index is 1.68. The van der Waals surface area contributed by atoms with Crippen LogP contribution >= 0.6 is 11.3 Å². The number of carbonyl (C=O) groups excluding carboxylic acids is 1. The van der Waals surface area contributed by atoms with Gasteiger partial charge in [0.25, 0.3) is 5.91 Å². The van der Waals surface area contributed by atoms with E-state index in [1.165, 1.54) is 17.5 Å². The summed E-state index contributed by atoms with van der Waals surface area (Å²) >= 11 is 1.26. The molecule has 0 saturated heterocycles. The third kappa shape index (κ3) is 3.90. The molecule has 3 aromatic heterocycles. The van der Waals surface area contributed by atoms with Crippen LogP contribution in [-0.2, 0) is 0 Å². The lowest BCUT2D eigenvalue weighted by Gasteiger charge is -2.08. The van der Waals surface area contributed by atoms with E-state index < -0.39 is 0 Å². The van der Waals surface area contributed by atoms with Gasteiger partial charge in [-0.2, -0.15) is 0 Å². The summed E-state index contributed by atoms with van der Waals surface area (Å²) in [6.07, 6.45) is 3.18. The van der Waals surface area contributed by atoms with Crippen molar-refractivity contribution in [3.63, 3.8) is 0 Å². The lowest BCUT2D eigenvalue weighted by molar-refractivity contribution is 0.102. The molecule has 1 amide bonds. The second kappa shape index (κ2) is 7.14. The second-order valence-electron chi connectivity index (χ2n) is 5.13. The molecule has 0 fully saturated rings. The standard InChI is InChI=1S/C16H15N5O2S/c1-10(2)23-13-7-6-11(9-18-13)14(22)19-16-21-20-15(24-16)12-5-3-4-8-17-12/h3-10H,1-2H3,(H,19,21,22). The Bertz CT molecular complexity index is 818. The molecule has 8 heteroatoms. The van der Waals surface area contributed by atoms with Gasteiger partial charge in [0.15, 0.2) is 5.01 Å². The summed E-state index contributed by atoms with van der Waals surface area (Å²) in [6, 6.07) is 8.85. The van der Waals surface area contributed by atoms with Gasteiger partial charge < -0.3 is 4.74 Å². The molecule has 3 rings (SSSR count). The van der Waals surface area contributed by atoms with E-state index in [0.29, 0.717) is 27.3 Å². The molecule has 7 nitrogen and oxygen atoms in total. The van der Waals surface area contributed by atoms with E-state index in [2.05, 4.69) is 25.5 Å². The molecular weight excluding hydrogens is 326 g/mol. The van der Waals surface area contributed by atoms with E-state index >= 15 is 0 Å². The van der Waals surface area contributed by atoms with Crippen LogP contribution in [0.4, 0.5) is 5.13 Å². The Morgan fingerprint density at radius 1 is 1.17 bits per heavy atom. The highest BCUT2D eigenvalue weighted by molar-refractivity contribution is 7.18. The van der Waals surface area contributed by atoms with Gasteiger partial charge in [-0.1, -0.05) is 17.4 Å². The molecule has 0 atom stereocenters. The third-order valence-electron chi connectivity index (χ3n) is 2.88. The predicted molar refractivity (Wildman–Crippen MR) is 91.1 cm³/mol. The number of carbonyl (C=O) groups is 1. The van der Waals surface area contributed by atoms with Gasteiger partial charge in [0.05, 0.1) is 11.7 Å². The van der Waals surface area contributed by atoms with Crippen molar-refractivity contribution < 1.29 is 9.53 Å². The lowest BCUT2D eigenvalue weighted by atomic mass is 10.3. The monoisotopic (exact) mass is 341 g/mol. The number of aromatic nitrogens is 4. The molecule has 3 aromatic rings. The Labute approximate surface area is 142 Å². The number of anilines is 1. The first kappa shape index (κ1) is 16.0. The van der Waals surface area contributed by atoms with Crippen molar-refractivity contribution in [2.24, 2.45) is 0 Å². The minimum absolute atomic E-state index is 0.0311. The van der Waals surface area contributed by atoms with Crippen LogP contribution in [0.1, 0.15) is 24.2 Å². The Morgan fingerprint density at radius 3 is 2.71 bits per heavy atom. The highest BCUT2D eigenvalue weighted by atomic mass is 32.1. The summed E-state index contributed by atoms with van der Waals surface area (Å²) in [4.78, 5) is 20.5. The molecule has 0 saturated carbocycles. The molecule has 0 aliphatic heterocycles. The maximum absolute atomic E-state index is 12.2. The van der Waals surface area contributed by atoms with E-state index in [0.717, 1.165) is 0 Å². The first-order chi connectivity index (χ1) is 11.6. The van der Waals surface area contributed by atoms with Crippen molar-refractivity contribution in [3.8, 4) is 16.6 Å². The van der Waals surface area contributed by atoms with Crippen molar-refractivity contribution in [2.45, 2.75) is 20.0 Å². The van der Waals surface area contributed by atoms with Crippen molar-refractivity contribution in [1.82, 2.24) is 20.2 Å². The molecular formula is C16H15N5O2S. The Hall–Kier alpha value is -2.87. The highest BCUT2D eigenvalue weighted by Crippen LogP contribution is 2.24. The zero-order valence-corrected chi connectivity index (χ0v) is 13.9. The summed E-state index contributed by atoms with van der Waals surface area (Å²) in [7, 11) is 0. The SMILES string of the molecule is CC(C)Oc1ccc(C(=O)Nc2nnc(-c3ccccn3)s2)cn1. The average molecular weight is 341 g/mol. The molecule has 1 N–H and O–H groups in total. The number of pyridine rings is 2. The zero-order chi connectivity index (χ0) is 16.9. The first-order valence-electron chi connectivity index (χ1n) is 7.31. The van der Waals surface area contributed by atoms with Crippen LogP contribution in [0.3, 0.4) is 0 Å². The van der Waals surface area contributed by atoms with Gasteiger partial charge in [-0.15, -0.1) is 10.2 Å². The number of hydrogen-bond donors (Lipinski definition) is 1. The molecule has 0 spiro atoms. The lowest BCUT2D eigenvalue weighted by Crippen LogP contribution is -2.12. The van der Waals surface area contributed by atoms with Crippen LogP contribution in [0.25, 0.3) is 10.7 Å². The molecule has 0 aromatic carbocycles. The van der Waals surface area contributed by atoms with Gasteiger partial charge in [-0.3, -0.25) is 15.1 Å². The summed E-state index contributed by atoms with van der Waals surface area (Å²) in [5.74, 6) is 0.178. The smallest absolute Gasteiger partial charge is 0.259 e. The number of ether oxygens (including phenoxy) is 1. The van der Waals surface area contributed by atoms with E-state index in [1.54, 1.807) is 18.3 Å². The second-order valence-corrected chi connectivity index (χ2v) is 6.11. The molecule has 0 bridgehead atoms. The molecule has 0 aliphatic rings. The zero-order valence-electron chi connectivity index (χ0n) is 13.1. The third-order valence-corrected chi connectivity index (χ3v) is 3.75. The number of rotatable bonds is 5. The quantitative estimate of drug-likeness (QED) is 0.767. The van der Waals surface area contributed by atoms with Crippen LogP contribution in [0, 0.1) is 0 Å². The van der Waals surface area contributed by atoms with Gasteiger partial charge in [0, 0.05) is 18.5 Å². The molecule has 24 heavy (non-hydrogen) atoms. The van der Waals surface area contributed by atoms with Crippen LogP contribution in [-0.4, -0.2) is 32.2 Å². The molecule has 0 unspecified atom stereocenters. The fraction of sp³-hybridized carbons (Fsp3) is 0.188. The predicted octanol–water partition coefficient (Wildman–Crippen LogP) is 3.03. The van der Waals surface area contributed by atoms with Crippen molar-refractivity contribution in [1.29, 1.82) is 0 Å². The van der Waals surface area contributed by atoms with Gasteiger partial charge in [0.1, 0.15) is 5.69 Å². The summed E-state index contributed by atoms with van der Waals surface area (Å²) < 4.78 is 5.45. The van der Waals surface area contributed by atoms with Gasteiger partial charge in [-0.25, -0.2) is 4.98 Å². The summed E-state index contributed by atoms with van der Waals surface area (Å²) in [6.45, 7) is 3.83. The van der Waals surface area contributed by atoms with Crippen LogP contribution < -0.4 is 10.1 Å². The van der Waals surface area contributed by atoms with Crippen LogP contribution in [0.2, 0.25) is 0 Å². The Morgan fingerprint density at radius 2 is 2.04 bits per heavy atom. The van der Waals surface area contributed by atoms with Gasteiger partial charge in [0.2, 0.25) is 11.0 Å². The molecule has 0 radical (unpaired) electrons. The van der Waals surface area contributed by atoms with Crippen LogP contribution in [0.15, 0.2) is 42.7 Å². The minimum atomic E-state index is -0.303. The number of nitrogens with zero attached hydrogens (tertiary/aromatic N) is 4. The van der Waals surface area contributed by atoms with Crippen molar-refractivity contribution >= 4 is 22.4 Å². The van der Waals surface area contributed by atoms with E-state index in [4.69, 9.17) is 4.74 Å².